The van der Waals surface area contributed by atoms with Crippen LogP contribution in [-0.4, -0.2) is 60.8 Å². The standard InChI is InChI=1S/C30H41ClN4O6S/c1-30(29(39)34-42(40,41)23-15-16-23)19-21(30)8-5-3-2-4-6-9-24(28(38)35-17-7-10-25(35)27(32)37)33-26(36)18-20-11-13-22(31)14-12-20/h5,8,11-14,21,23-25H,2-4,6-7,9-10,15-19H2,1H3,(H2,32,37)(H,33,36)(H,34,39)/b8-5-/t21-,24?,25?,30+/m1/s1. The molecular weight excluding hydrogens is 580 g/mol. The Labute approximate surface area is 252 Å². The molecule has 10 nitrogen and oxygen atoms in total. The molecular formula is C30H41ClN4O6S. The molecule has 2 aliphatic carbocycles. The fraction of sp³-hybridized carbons (Fsp3) is 0.600. The molecule has 0 aromatic heterocycles. The van der Waals surface area contributed by atoms with Gasteiger partial charge in [0.15, 0.2) is 0 Å². The van der Waals surface area contributed by atoms with Gasteiger partial charge in [0, 0.05) is 11.6 Å². The number of primary amides is 1. The average Bonchev–Trinajstić information content (AvgIpc) is 3.84. The minimum atomic E-state index is -3.54. The van der Waals surface area contributed by atoms with Crippen LogP contribution in [0.4, 0.5) is 0 Å². The predicted molar refractivity (Wildman–Crippen MR) is 160 cm³/mol. The molecule has 0 bridgehead atoms. The zero-order valence-electron chi connectivity index (χ0n) is 24.0. The van der Waals surface area contributed by atoms with Crippen molar-refractivity contribution in [3.8, 4) is 0 Å². The third kappa shape index (κ3) is 8.34. The number of nitrogens with zero attached hydrogens (tertiary/aromatic N) is 1. The second-order valence-corrected chi connectivity index (χ2v) is 14.4. The zero-order valence-corrected chi connectivity index (χ0v) is 25.6. The molecule has 1 aliphatic heterocycles. The van der Waals surface area contributed by atoms with Gasteiger partial charge in [-0.3, -0.25) is 23.9 Å². The van der Waals surface area contributed by atoms with Crippen molar-refractivity contribution in [2.45, 2.75) is 94.9 Å². The van der Waals surface area contributed by atoms with Gasteiger partial charge in [0.25, 0.3) is 0 Å². The van der Waals surface area contributed by atoms with Crippen LogP contribution in [0.5, 0.6) is 0 Å². The van der Waals surface area contributed by atoms with E-state index in [0.29, 0.717) is 56.5 Å². The summed E-state index contributed by atoms with van der Waals surface area (Å²) < 4.78 is 26.4. The Morgan fingerprint density at radius 3 is 2.50 bits per heavy atom. The van der Waals surface area contributed by atoms with Crippen molar-refractivity contribution in [3.05, 3.63) is 47.0 Å². The minimum absolute atomic E-state index is 0.0171. The number of hydrogen-bond donors (Lipinski definition) is 3. The number of sulfonamides is 1. The maximum Gasteiger partial charge on any atom is 0.245 e. The third-order valence-electron chi connectivity index (χ3n) is 8.53. The second-order valence-electron chi connectivity index (χ2n) is 12.0. The lowest BCUT2D eigenvalue weighted by atomic mass is 10.0. The van der Waals surface area contributed by atoms with Crippen molar-refractivity contribution >= 4 is 45.3 Å². The summed E-state index contributed by atoms with van der Waals surface area (Å²) in [6, 6.07) is 5.55. The molecule has 2 saturated carbocycles. The molecule has 12 heteroatoms. The van der Waals surface area contributed by atoms with Crippen LogP contribution in [-0.2, 0) is 35.6 Å². The van der Waals surface area contributed by atoms with Crippen molar-refractivity contribution in [1.29, 1.82) is 0 Å². The molecule has 3 aliphatic rings. The van der Waals surface area contributed by atoms with Crippen LogP contribution >= 0.6 is 11.6 Å². The Bertz CT molecular complexity index is 1310. The Hall–Kier alpha value is -2.92. The largest absolute Gasteiger partial charge is 0.368 e. The van der Waals surface area contributed by atoms with Crippen LogP contribution < -0.4 is 15.8 Å². The van der Waals surface area contributed by atoms with Gasteiger partial charge in [-0.1, -0.05) is 55.7 Å². The summed E-state index contributed by atoms with van der Waals surface area (Å²) in [6.07, 6.45) is 10.8. The fourth-order valence-electron chi connectivity index (χ4n) is 5.51. The highest BCUT2D eigenvalue weighted by Crippen LogP contribution is 2.53. The van der Waals surface area contributed by atoms with Gasteiger partial charge in [-0.2, -0.15) is 0 Å². The maximum atomic E-state index is 13.4. The Morgan fingerprint density at radius 1 is 1.12 bits per heavy atom. The summed E-state index contributed by atoms with van der Waals surface area (Å²) in [7, 11) is -3.54. The van der Waals surface area contributed by atoms with E-state index in [1.807, 2.05) is 12.2 Å². The van der Waals surface area contributed by atoms with Crippen molar-refractivity contribution in [1.82, 2.24) is 14.9 Å². The molecule has 4 atom stereocenters. The van der Waals surface area contributed by atoms with E-state index in [4.69, 9.17) is 17.3 Å². The van der Waals surface area contributed by atoms with Gasteiger partial charge >= 0.3 is 0 Å². The number of unbranched alkanes of at least 4 members (excludes halogenated alkanes) is 3. The molecule has 42 heavy (non-hydrogen) atoms. The summed E-state index contributed by atoms with van der Waals surface area (Å²) in [5, 5.41) is 3.03. The van der Waals surface area contributed by atoms with Crippen molar-refractivity contribution in [3.63, 3.8) is 0 Å². The summed E-state index contributed by atoms with van der Waals surface area (Å²) >= 11 is 5.94. The van der Waals surface area contributed by atoms with Gasteiger partial charge in [-0.15, -0.1) is 0 Å². The molecule has 0 radical (unpaired) electrons. The van der Waals surface area contributed by atoms with Crippen LogP contribution in [0.3, 0.4) is 0 Å². The minimum Gasteiger partial charge on any atom is -0.368 e. The van der Waals surface area contributed by atoms with Crippen molar-refractivity contribution < 1.29 is 27.6 Å². The normalized spacial score (nSPS) is 24.4. The van der Waals surface area contributed by atoms with E-state index in [1.165, 1.54) is 4.90 Å². The molecule has 230 valence electrons. The smallest absolute Gasteiger partial charge is 0.245 e. The number of allylic oxidation sites excluding steroid dienone is 2. The van der Waals surface area contributed by atoms with Gasteiger partial charge in [0.2, 0.25) is 33.7 Å². The lowest BCUT2D eigenvalue weighted by molar-refractivity contribution is -0.140. The molecule has 1 saturated heterocycles. The quantitative estimate of drug-likeness (QED) is 0.202. The number of halogens is 1. The lowest BCUT2D eigenvalue weighted by Gasteiger charge is -2.28. The first kappa shape index (κ1) is 32.0. The third-order valence-corrected chi connectivity index (χ3v) is 10.6. The number of benzene rings is 1. The molecule has 2 unspecified atom stereocenters. The number of amides is 4. The summed E-state index contributed by atoms with van der Waals surface area (Å²) in [5.74, 6) is -1.50. The number of carbonyl (C=O) groups is 4. The van der Waals surface area contributed by atoms with Gasteiger partial charge in [-0.05, 0) is 75.0 Å². The van der Waals surface area contributed by atoms with Crippen LogP contribution in [0.2, 0.25) is 5.02 Å². The van der Waals surface area contributed by atoms with E-state index in [1.54, 1.807) is 31.2 Å². The van der Waals surface area contributed by atoms with Gasteiger partial charge in [0.1, 0.15) is 12.1 Å². The molecule has 4 amide bonds. The lowest BCUT2D eigenvalue weighted by Crippen LogP contribution is -2.53. The molecule has 4 rings (SSSR count). The topological polar surface area (TPSA) is 156 Å². The van der Waals surface area contributed by atoms with E-state index < -0.39 is 44.6 Å². The molecule has 1 heterocycles. The highest BCUT2D eigenvalue weighted by Gasteiger charge is 2.56. The van der Waals surface area contributed by atoms with Crippen molar-refractivity contribution in [2.75, 3.05) is 6.54 Å². The summed E-state index contributed by atoms with van der Waals surface area (Å²) in [5.41, 5.74) is 5.62. The summed E-state index contributed by atoms with van der Waals surface area (Å²) in [6.45, 7) is 2.23. The van der Waals surface area contributed by atoms with Gasteiger partial charge in [0.05, 0.1) is 17.1 Å². The number of hydrogen-bond acceptors (Lipinski definition) is 6. The number of likely N-dealkylation sites (tertiary alicyclic amines) is 1. The second kappa shape index (κ2) is 13.6. The van der Waals surface area contributed by atoms with Crippen LogP contribution in [0.1, 0.15) is 76.7 Å². The maximum absolute atomic E-state index is 13.4. The Balaban J connectivity index is 1.23. The first-order valence-corrected chi connectivity index (χ1v) is 16.7. The van der Waals surface area contributed by atoms with E-state index in [2.05, 4.69) is 10.0 Å². The number of nitrogens with one attached hydrogen (secondary N) is 2. The van der Waals surface area contributed by atoms with Crippen LogP contribution in [0, 0.1) is 11.3 Å². The molecule has 3 fully saturated rings. The molecule has 0 spiro atoms. The van der Waals surface area contributed by atoms with E-state index in [0.717, 1.165) is 24.8 Å². The van der Waals surface area contributed by atoms with Gasteiger partial charge < -0.3 is 16.0 Å². The molecule has 4 N–H and O–H groups in total. The van der Waals surface area contributed by atoms with Crippen LogP contribution in [0.25, 0.3) is 0 Å². The van der Waals surface area contributed by atoms with E-state index in [-0.39, 0.29) is 24.2 Å². The first-order chi connectivity index (χ1) is 19.9. The monoisotopic (exact) mass is 620 g/mol. The average molecular weight is 621 g/mol. The predicted octanol–water partition coefficient (Wildman–Crippen LogP) is 2.98. The Morgan fingerprint density at radius 2 is 1.83 bits per heavy atom. The number of carbonyl (C=O) groups excluding carboxylic acids is 4. The summed E-state index contributed by atoms with van der Waals surface area (Å²) in [4.78, 5) is 52.1. The zero-order chi connectivity index (χ0) is 30.5. The number of rotatable bonds is 15. The van der Waals surface area contributed by atoms with Crippen molar-refractivity contribution in [2.24, 2.45) is 17.1 Å². The SMILES string of the molecule is C[C@]1(C(=O)NS(=O)(=O)C2CC2)C[C@H]1/C=C\CCCCCC(NC(=O)Cc1ccc(Cl)cc1)C(=O)N1CCCC1C(N)=O. The van der Waals surface area contributed by atoms with E-state index in [9.17, 15) is 27.6 Å². The first-order valence-electron chi connectivity index (χ1n) is 14.8. The van der Waals surface area contributed by atoms with Crippen LogP contribution in [0.15, 0.2) is 36.4 Å². The molecule has 1 aromatic rings. The Kier molecular flexibility index (Phi) is 10.4. The fourth-order valence-corrected chi connectivity index (χ4v) is 7.05. The highest BCUT2D eigenvalue weighted by atomic mass is 35.5. The van der Waals surface area contributed by atoms with Gasteiger partial charge in [-0.25, -0.2) is 8.42 Å². The van der Waals surface area contributed by atoms with E-state index >= 15 is 0 Å². The highest BCUT2D eigenvalue weighted by molar-refractivity contribution is 7.90. The molecule has 1 aromatic carbocycles. The number of nitrogens with two attached hydrogens (primary N) is 1.